The molecule has 0 radical (unpaired) electrons. The maximum atomic E-state index is 13.7. The molecule has 0 saturated heterocycles. The van der Waals surface area contributed by atoms with Crippen LogP contribution in [0, 0.1) is 12.7 Å². The summed E-state index contributed by atoms with van der Waals surface area (Å²) < 4.78 is 13.7. The normalized spacial score (nSPS) is 11.4. The first-order chi connectivity index (χ1) is 9.32. The molecule has 0 spiro atoms. The standard InChI is InChI=1S/C14H15FN2O2S/c1-8-5-4-6-9(15)11(8)17-13-16-10(7-20-13)14(2,3)12(18)19/h4-7H,1-3H3,(H,16,17)(H,18,19). The highest BCUT2D eigenvalue weighted by atomic mass is 32.1. The fourth-order valence-electron chi connectivity index (χ4n) is 1.62. The Hall–Kier alpha value is -1.95. The van der Waals surface area contributed by atoms with Crippen molar-refractivity contribution in [3.05, 3.63) is 40.7 Å². The fraction of sp³-hybridized carbons (Fsp3) is 0.286. The van der Waals surface area contributed by atoms with Crippen LogP contribution in [0.15, 0.2) is 23.6 Å². The van der Waals surface area contributed by atoms with Gasteiger partial charge in [-0.3, -0.25) is 4.79 Å². The molecule has 0 unspecified atom stereocenters. The zero-order chi connectivity index (χ0) is 14.9. The highest BCUT2D eigenvalue weighted by Crippen LogP contribution is 2.30. The van der Waals surface area contributed by atoms with Gasteiger partial charge in [-0.15, -0.1) is 11.3 Å². The lowest BCUT2D eigenvalue weighted by atomic mass is 9.90. The highest BCUT2D eigenvalue weighted by molar-refractivity contribution is 7.13. The third-order valence-corrected chi connectivity index (χ3v) is 3.89. The topological polar surface area (TPSA) is 62.2 Å². The number of nitrogens with zero attached hydrogens (tertiary/aromatic N) is 1. The maximum absolute atomic E-state index is 13.7. The zero-order valence-corrected chi connectivity index (χ0v) is 12.2. The van der Waals surface area contributed by atoms with Gasteiger partial charge in [-0.1, -0.05) is 12.1 Å². The number of benzene rings is 1. The number of halogens is 1. The van der Waals surface area contributed by atoms with E-state index in [0.29, 0.717) is 16.5 Å². The predicted molar refractivity (Wildman–Crippen MR) is 77.2 cm³/mol. The summed E-state index contributed by atoms with van der Waals surface area (Å²) in [5, 5.41) is 14.2. The molecule has 2 rings (SSSR count). The average molecular weight is 294 g/mol. The van der Waals surface area contributed by atoms with Crippen molar-refractivity contribution in [1.29, 1.82) is 0 Å². The number of aliphatic carboxylic acids is 1. The number of hydrogen-bond acceptors (Lipinski definition) is 4. The smallest absolute Gasteiger partial charge is 0.315 e. The van der Waals surface area contributed by atoms with Crippen molar-refractivity contribution in [3.63, 3.8) is 0 Å². The molecule has 1 aromatic heterocycles. The van der Waals surface area contributed by atoms with E-state index in [0.717, 1.165) is 5.56 Å². The van der Waals surface area contributed by atoms with Crippen LogP contribution in [-0.4, -0.2) is 16.1 Å². The first kappa shape index (κ1) is 14.5. The van der Waals surface area contributed by atoms with E-state index in [-0.39, 0.29) is 5.82 Å². The Morgan fingerprint density at radius 1 is 1.45 bits per heavy atom. The Bertz CT molecular complexity index is 632. The van der Waals surface area contributed by atoms with E-state index >= 15 is 0 Å². The summed E-state index contributed by atoms with van der Waals surface area (Å²) in [7, 11) is 0. The van der Waals surface area contributed by atoms with Crippen molar-refractivity contribution in [1.82, 2.24) is 4.98 Å². The molecule has 1 aromatic carbocycles. The number of nitrogens with one attached hydrogen (secondary N) is 1. The summed E-state index contributed by atoms with van der Waals surface area (Å²) in [6, 6.07) is 4.79. The molecular weight excluding hydrogens is 279 g/mol. The van der Waals surface area contributed by atoms with Crippen LogP contribution in [0.4, 0.5) is 15.2 Å². The lowest BCUT2D eigenvalue weighted by molar-refractivity contribution is -0.142. The Morgan fingerprint density at radius 2 is 2.15 bits per heavy atom. The number of rotatable bonds is 4. The molecule has 4 nitrogen and oxygen atoms in total. The summed E-state index contributed by atoms with van der Waals surface area (Å²) in [6.45, 7) is 4.96. The van der Waals surface area contributed by atoms with Gasteiger partial charge in [-0.05, 0) is 32.4 Å². The van der Waals surface area contributed by atoms with Gasteiger partial charge in [0, 0.05) is 5.38 Å². The second-order valence-electron chi connectivity index (χ2n) is 5.02. The van der Waals surface area contributed by atoms with Crippen molar-refractivity contribution < 1.29 is 14.3 Å². The second-order valence-corrected chi connectivity index (χ2v) is 5.88. The first-order valence-corrected chi connectivity index (χ1v) is 6.92. The summed E-state index contributed by atoms with van der Waals surface area (Å²) in [5.41, 5.74) is 0.507. The minimum Gasteiger partial charge on any atom is -0.481 e. The van der Waals surface area contributed by atoms with Gasteiger partial charge >= 0.3 is 5.97 Å². The van der Waals surface area contributed by atoms with Crippen molar-refractivity contribution in [2.75, 3.05) is 5.32 Å². The molecule has 0 atom stereocenters. The molecule has 6 heteroatoms. The number of carboxylic acids is 1. The van der Waals surface area contributed by atoms with Crippen LogP contribution < -0.4 is 5.32 Å². The van der Waals surface area contributed by atoms with Crippen LogP contribution in [0.2, 0.25) is 0 Å². The van der Waals surface area contributed by atoms with Crippen LogP contribution in [0.5, 0.6) is 0 Å². The largest absolute Gasteiger partial charge is 0.481 e. The zero-order valence-electron chi connectivity index (χ0n) is 11.4. The molecule has 2 aromatic rings. The number of aryl methyl sites for hydroxylation is 1. The molecule has 20 heavy (non-hydrogen) atoms. The van der Waals surface area contributed by atoms with Gasteiger partial charge in [-0.2, -0.15) is 0 Å². The monoisotopic (exact) mass is 294 g/mol. The fourth-order valence-corrected chi connectivity index (χ4v) is 2.51. The van der Waals surface area contributed by atoms with E-state index < -0.39 is 11.4 Å². The molecule has 2 N–H and O–H groups in total. The maximum Gasteiger partial charge on any atom is 0.315 e. The van der Waals surface area contributed by atoms with E-state index in [4.69, 9.17) is 5.11 Å². The van der Waals surface area contributed by atoms with Gasteiger partial charge in [0.25, 0.3) is 0 Å². The summed E-state index contributed by atoms with van der Waals surface area (Å²) in [6.07, 6.45) is 0. The van der Waals surface area contributed by atoms with Crippen LogP contribution in [0.3, 0.4) is 0 Å². The number of thiazole rings is 1. The molecular formula is C14H15FN2O2S. The first-order valence-electron chi connectivity index (χ1n) is 6.04. The molecule has 0 saturated carbocycles. The Labute approximate surface area is 120 Å². The molecule has 106 valence electrons. The van der Waals surface area contributed by atoms with Crippen molar-refractivity contribution in [3.8, 4) is 0 Å². The molecule has 0 bridgehead atoms. The van der Waals surface area contributed by atoms with Crippen LogP contribution in [-0.2, 0) is 10.2 Å². The summed E-state index contributed by atoms with van der Waals surface area (Å²) in [4.78, 5) is 15.4. The number of hydrogen-bond donors (Lipinski definition) is 2. The van der Waals surface area contributed by atoms with Crippen LogP contribution in [0.25, 0.3) is 0 Å². The second kappa shape index (κ2) is 5.20. The Balaban J connectivity index is 2.29. The molecule has 0 amide bonds. The third kappa shape index (κ3) is 2.65. The lowest BCUT2D eigenvalue weighted by Crippen LogP contribution is -2.28. The van der Waals surface area contributed by atoms with E-state index in [1.807, 2.05) is 0 Å². The average Bonchev–Trinajstić information content (AvgIpc) is 2.83. The minimum atomic E-state index is -1.07. The predicted octanol–water partition coefficient (Wildman–Crippen LogP) is 3.70. The van der Waals surface area contributed by atoms with Gasteiger partial charge in [0.05, 0.1) is 11.4 Å². The van der Waals surface area contributed by atoms with Crippen molar-refractivity contribution in [2.45, 2.75) is 26.2 Å². The third-order valence-electron chi connectivity index (χ3n) is 3.13. The molecule has 0 fully saturated rings. The molecule has 0 aliphatic heterocycles. The van der Waals surface area contributed by atoms with Crippen LogP contribution >= 0.6 is 11.3 Å². The van der Waals surface area contributed by atoms with Crippen molar-refractivity contribution >= 4 is 28.1 Å². The van der Waals surface area contributed by atoms with Crippen LogP contribution in [0.1, 0.15) is 25.1 Å². The number of carboxylic acid groups (broad SMARTS) is 1. The lowest BCUT2D eigenvalue weighted by Gasteiger charge is -2.15. The van der Waals surface area contributed by atoms with Gasteiger partial charge in [0.2, 0.25) is 0 Å². The van der Waals surface area contributed by atoms with Gasteiger partial charge in [0.1, 0.15) is 11.2 Å². The SMILES string of the molecule is Cc1cccc(F)c1Nc1nc(C(C)(C)C(=O)O)cs1. The Morgan fingerprint density at radius 3 is 2.75 bits per heavy atom. The quantitative estimate of drug-likeness (QED) is 0.902. The highest BCUT2D eigenvalue weighted by Gasteiger charge is 2.32. The Kier molecular flexibility index (Phi) is 3.76. The van der Waals surface area contributed by atoms with E-state index in [1.165, 1.54) is 17.4 Å². The van der Waals surface area contributed by atoms with Gasteiger partial charge in [0.15, 0.2) is 5.13 Å². The van der Waals surface area contributed by atoms with Gasteiger partial charge < -0.3 is 10.4 Å². The van der Waals surface area contributed by atoms with E-state index in [1.54, 1.807) is 38.3 Å². The van der Waals surface area contributed by atoms with E-state index in [9.17, 15) is 9.18 Å². The molecule has 1 heterocycles. The molecule has 0 aliphatic rings. The number of carbonyl (C=O) groups is 1. The van der Waals surface area contributed by atoms with E-state index in [2.05, 4.69) is 10.3 Å². The van der Waals surface area contributed by atoms with Gasteiger partial charge in [-0.25, -0.2) is 9.37 Å². The molecule has 0 aliphatic carbocycles. The number of anilines is 2. The van der Waals surface area contributed by atoms with Crippen molar-refractivity contribution in [2.24, 2.45) is 0 Å². The summed E-state index contributed by atoms with van der Waals surface area (Å²) in [5.74, 6) is -1.31. The summed E-state index contributed by atoms with van der Waals surface area (Å²) >= 11 is 1.25. The number of para-hydroxylation sites is 1. The number of aromatic nitrogens is 1. The minimum absolute atomic E-state index is 0.362.